The van der Waals surface area contributed by atoms with E-state index in [-0.39, 0.29) is 28.2 Å². The van der Waals surface area contributed by atoms with Gasteiger partial charge in [0.15, 0.2) is 28.2 Å². The van der Waals surface area contributed by atoms with Gasteiger partial charge in [-0.3, -0.25) is 4.57 Å². The molecular formula is C33H28F3N3O5S. The van der Waals surface area contributed by atoms with Gasteiger partial charge in [0.2, 0.25) is 0 Å². The molecule has 0 spiro atoms. The Morgan fingerprint density at radius 1 is 0.822 bits per heavy atom. The predicted molar refractivity (Wildman–Crippen MR) is 166 cm³/mol. The van der Waals surface area contributed by atoms with Crippen LogP contribution in [0.25, 0.3) is 16.8 Å². The molecule has 5 rings (SSSR count). The molecule has 12 heteroatoms. The molecule has 0 aliphatic carbocycles. The average molecular weight is 636 g/mol. The first kappa shape index (κ1) is 31.3. The topological polar surface area (TPSA) is 86.0 Å². The van der Waals surface area contributed by atoms with Gasteiger partial charge in [-0.1, -0.05) is 23.9 Å². The minimum absolute atomic E-state index is 0.0148. The third-order valence-corrected chi connectivity index (χ3v) is 8.13. The van der Waals surface area contributed by atoms with Crippen LogP contribution in [0, 0.1) is 17.5 Å². The Bertz CT molecular complexity index is 1840. The number of benzene rings is 4. The van der Waals surface area contributed by atoms with Crippen molar-refractivity contribution in [1.82, 2.24) is 9.55 Å². The molecule has 0 bridgehead atoms. The third-order valence-electron chi connectivity index (χ3n) is 7.15. The number of nitrogens with zero attached hydrogens (tertiary/aromatic N) is 3. The second-order valence-electron chi connectivity index (χ2n) is 9.74. The molecule has 5 aromatic rings. The second kappa shape index (κ2) is 13.3. The number of ether oxygens (including phenoxy) is 3. The van der Waals surface area contributed by atoms with Crippen LogP contribution in [0.5, 0.6) is 17.2 Å². The number of halogens is 3. The van der Waals surface area contributed by atoms with Crippen molar-refractivity contribution in [2.75, 3.05) is 33.3 Å². The van der Waals surface area contributed by atoms with Crippen LogP contribution in [0.2, 0.25) is 0 Å². The Labute approximate surface area is 261 Å². The zero-order chi connectivity index (χ0) is 32.2. The Morgan fingerprint density at radius 2 is 1.49 bits per heavy atom. The second-order valence-corrected chi connectivity index (χ2v) is 10.7. The van der Waals surface area contributed by atoms with E-state index >= 15 is 8.78 Å². The summed E-state index contributed by atoms with van der Waals surface area (Å²) in [6, 6.07) is 17.9. The van der Waals surface area contributed by atoms with Gasteiger partial charge in [0, 0.05) is 36.2 Å². The van der Waals surface area contributed by atoms with E-state index < -0.39 is 23.4 Å². The predicted octanol–water partition coefficient (Wildman–Crippen LogP) is 7.74. The molecule has 4 aromatic carbocycles. The highest BCUT2D eigenvalue weighted by atomic mass is 32.2. The van der Waals surface area contributed by atoms with E-state index in [4.69, 9.17) is 19.3 Å². The standard InChI is InChI=1S/C33H28F3N3O5S/c1-38(22-10-12-28(42-2)30(15-22)44-4)31-17-37-33(39(31)23-9-11-25(34)29(16-23)43-3)45-18-24-26(35)13-21(14-27(24)36)19-5-7-20(8-6-19)32(40)41/h5-17H,18H2,1-4H3,(H,40,41). The van der Waals surface area contributed by atoms with Crippen molar-refractivity contribution in [3.05, 3.63) is 108 Å². The highest BCUT2D eigenvalue weighted by Gasteiger charge is 2.21. The van der Waals surface area contributed by atoms with Crippen molar-refractivity contribution in [1.29, 1.82) is 0 Å². The first-order chi connectivity index (χ1) is 21.6. The molecule has 1 heterocycles. The first-order valence-corrected chi connectivity index (χ1v) is 14.5. The lowest BCUT2D eigenvalue weighted by atomic mass is 10.0. The van der Waals surface area contributed by atoms with E-state index in [0.717, 1.165) is 17.4 Å². The number of carboxylic acid groups (broad SMARTS) is 1. The van der Waals surface area contributed by atoms with Gasteiger partial charge in [0.05, 0.1) is 38.8 Å². The van der Waals surface area contributed by atoms with Crippen LogP contribution >= 0.6 is 11.8 Å². The number of carbonyl (C=O) groups is 1. The first-order valence-electron chi connectivity index (χ1n) is 13.5. The Kier molecular flexibility index (Phi) is 9.24. The molecule has 0 saturated heterocycles. The fourth-order valence-corrected chi connectivity index (χ4v) is 5.71. The summed E-state index contributed by atoms with van der Waals surface area (Å²) in [7, 11) is 6.24. The smallest absolute Gasteiger partial charge is 0.335 e. The number of hydrogen-bond donors (Lipinski definition) is 1. The zero-order valence-corrected chi connectivity index (χ0v) is 25.5. The zero-order valence-electron chi connectivity index (χ0n) is 24.7. The normalized spacial score (nSPS) is 10.9. The number of anilines is 2. The summed E-state index contributed by atoms with van der Waals surface area (Å²) >= 11 is 1.10. The summed E-state index contributed by atoms with van der Waals surface area (Å²) in [5.74, 6) is -1.62. The molecule has 232 valence electrons. The quantitative estimate of drug-likeness (QED) is 0.148. The molecule has 0 radical (unpaired) electrons. The fraction of sp³-hybridized carbons (Fsp3) is 0.152. The van der Waals surface area contributed by atoms with E-state index in [2.05, 4.69) is 4.98 Å². The molecule has 0 unspecified atom stereocenters. The van der Waals surface area contributed by atoms with Crippen molar-refractivity contribution in [2.45, 2.75) is 10.9 Å². The molecule has 45 heavy (non-hydrogen) atoms. The van der Waals surface area contributed by atoms with Crippen molar-refractivity contribution < 1.29 is 37.3 Å². The lowest BCUT2D eigenvalue weighted by Gasteiger charge is -2.23. The number of thioether (sulfide) groups is 1. The highest BCUT2D eigenvalue weighted by Crippen LogP contribution is 2.38. The van der Waals surface area contributed by atoms with Gasteiger partial charge in [0.1, 0.15) is 17.5 Å². The monoisotopic (exact) mass is 635 g/mol. The summed E-state index contributed by atoms with van der Waals surface area (Å²) in [6.45, 7) is 0. The van der Waals surface area contributed by atoms with Crippen molar-refractivity contribution >= 4 is 29.2 Å². The number of hydrogen-bond acceptors (Lipinski definition) is 7. The van der Waals surface area contributed by atoms with Crippen LogP contribution in [0.1, 0.15) is 15.9 Å². The van der Waals surface area contributed by atoms with Crippen LogP contribution in [0.3, 0.4) is 0 Å². The lowest BCUT2D eigenvalue weighted by Crippen LogP contribution is -2.14. The van der Waals surface area contributed by atoms with Crippen LogP contribution in [0.4, 0.5) is 24.7 Å². The maximum Gasteiger partial charge on any atom is 0.335 e. The van der Waals surface area contributed by atoms with Crippen molar-refractivity contribution in [2.24, 2.45) is 0 Å². The largest absolute Gasteiger partial charge is 0.494 e. The van der Waals surface area contributed by atoms with E-state index in [1.54, 1.807) is 36.1 Å². The van der Waals surface area contributed by atoms with Crippen LogP contribution in [0.15, 0.2) is 84.1 Å². The van der Waals surface area contributed by atoms with Gasteiger partial charge in [-0.05, 0) is 59.7 Å². The molecule has 0 aliphatic rings. The van der Waals surface area contributed by atoms with Crippen molar-refractivity contribution in [3.8, 4) is 34.1 Å². The van der Waals surface area contributed by atoms with Crippen molar-refractivity contribution in [3.63, 3.8) is 0 Å². The summed E-state index contributed by atoms with van der Waals surface area (Å²) < 4.78 is 62.7. The maximum atomic E-state index is 15.3. The van der Waals surface area contributed by atoms with Gasteiger partial charge in [-0.15, -0.1) is 0 Å². The van der Waals surface area contributed by atoms with E-state index in [1.807, 2.05) is 18.0 Å². The van der Waals surface area contributed by atoms with E-state index in [9.17, 15) is 9.18 Å². The van der Waals surface area contributed by atoms with Gasteiger partial charge in [-0.25, -0.2) is 22.9 Å². The number of imidazole rings is 1. The number of aromatic nitrogens is 2. The fourth-order valence-electron chi connectivity index (χ4n) is 4.71. The van der Waals surface area contributed by atoms with Gasteiger partial charge in [0.25, 0.3) is 0 Å². The van der Waals surface area contributed by atoms with E-state index in [0.29, 0.717) is 33.7 Å². The molecule has 1 N–H and O–H groups in total. The Morgan fingerprint density at radius 3 is 2.11 bits per heavy atom. The minimum Gasteiger partial charge on any atom is -0.494 e. The average Bonchev–Trinajstić information content (AvgIpc) is 3.47. The molecule has 0 fully saturated rings. The third kappa shape index (κ3) is 6.41. The summed E-state index contributed by atoms with van der Waals surface area (Å²) in [5, 5.41) is 9.51. The minimum atomic E-state index is -1.10. The molecule has 0 aliphatic heterocycles. The van der Waals surface area contributed by atoms with Gasteiger partial charge in [-0.2, -0.15) is 0 Å². The molecule has 0 saturated carbocycles. The maximum absolute atomic E-state index is 15.3. The molecule has 8 nitrogen and oxygen atoms in total. The summed E-state index contributed by atoms with van der Waals surface area (Å²) in [4.78, 5) is 17.5. The molecule has 0 amide bonds. The SMILES string of the molecule is COc1cc(-n2c(N(C)c3ccc(OC)c(OC)c3)cnc2SCc2c(F)cc(-c3ccc(C(=O)O)cc3)cc2F)ccc1F. The van der Waals surface area contributed by atoms with E-state index in [1.165, 1.54) is 62.8 Å². The molecule has 0 atom stereocenters. The van der Waals surface area contributed by atoms with Crippen LogP contribution in [-0.4, -0.2) is 49.0 Å². The molecule has 1 aromatic heterocycles. The number of aromatic carboxylic acids is 1. The van der Waals surface area contributed by atoms with Gasteiger partial charge >= 0.3 is 5.97 Å². The summed E-state index contributed by atoms with van der Waals surface area (Å²) in [6.07, 6.45) is 1.60. The van der Waals surface area contributed by atoms with Crippen LogP contribution in [-0.2, 0) is 5.75 Å². The highest BCUT2D eigenvalue weighted by molar-refractivity contribution is 7.98. The summed E-state index contributed by atoms with van der Waals surface area (Å²) in [5.41, 5.74) is 1.89. The number of rotatable bonds is 11. The number of methoxy groups -OCH3 is 3. The molecular weight excluding hydrogens is 607 g/mol. The Balaban J connectivity index is 1.50. The lowest BCUT2D eigenvalue weighted by molar-refractivity contribution is 0.0697. The Hall–Kier alpha value is -5.10. The van der Waals surface area contributed by atoms with Crippen LogP contribution < -0.4 is 19.1 Å². The number of carboxylic acids is 1. The van der Waals surface area contributed by atoms with Gasteiger partial charge < -0.3 is 24.2 Å².